The zero-order valence-electron chi connectivity index (χ0n) is 16.3. The van der Waals surface area contributed by atoms with Crippen molar-refractivity contribution < 1.29 is 0 Å². The molecule has 146 valence electrons. The Kier molecular flexibility index (Phi) is 7.65. The number of thioether (sulfide) groups is 1. The zero-order chi connectivity index (χ0) is 18.2. The van der Waals surface area contributed by atoms with Gasteiger partial charge in [-0.25, -0.2) is 0 Å². The van der Waals surface area contributed by atoms with Crippen LogP contribution in [0.3, 0.4) is 0 Å². The Balaban J connectivity index is 1.40. The van der Waals surface area contributed by atoms with Gasteiger partial charge in [0.2, 0.25) is 0 Å². The molecule has 0 bridgehead atoms. The molecule has 26 heavy (non-hydrogen) atoms. The van der Waals surface area contributed by atoms with Crippen molar-refractivity contribution in [1.82, 2.24) is 25.4 Å². The second-order valence-electron chi connectivity index (χ2n) is 7.46. The maximum absolute atomic E-state index is 4.42. The highest BCUT2D eigenvalue weighted by molar-refractivity contribution is 7.99. The normalized spacial score (nSPS) is 24.0. The molecule has 0 spiro atoms. The van der Waals surface area contributed by atoms with Crippen molar-refractivity contribution in [3.8, 4) is 0 Å². The van der Waals surface area contributed by atoms with Gasteiger partial charge < -0.3 is 15.2 Å². The van der Waals surface area contributed by atoms with Gasteiger partial charge in [0.1, 0.15) is 11.6 Å². The van der Waals surface area contributed by atoms with Crippen molar-refractivity contribution in [2.24, 2.45) is 4.99 Å². The monoisotopic (exact) mass is 378 g/mol. The van der Waals surface area contributed by atoms with Gasteiger partial charge in [0.05, 0.1) is 0 Å². The number of fused-ring (bicyclic) bond motifs is 1. The molecule has 2 unspecified atom stereocenters. The van der Waals surface area contributed by atoms with Gasteiger partial charge in [-0.3, -0.25) is 4.99 Å². The van der Waals surface area contributed by atoms with E-state index in [1.54, 1.807) is 0 Å². The van der Waals surface area contributed by atoms with E-state index in [0.717, 1.165) is 49.4 Å². The topological polar surface area (TPSA) is 67.1 Å². The molecule has 2 aliphatic rings. The predicted molar refractivity (Wildman–Crippen MR) is 110 cm³/mol. The number of guanidine groups is 1. The molecule has 2 N–H and O–H groups in total. The number of nitrogens with one attached hydrogen (secondary N) is 2. The summed E-state index contributed by atoms with van der Waals surface area (Å²) in [6.45, 7) is 2.01. The van der Waals surface area contributed by atoms with Crippen LogP contribution < -0.4 is 10.6 Å². The standard InChI is InChI=1S/C19H34N6S/c1-20-19(22-15-8-6-9-16(14-15)26-2)21-12-7-11-18-24-23-17-10-4-3-5-13-25(17)18/h15-16H,3-14H2,1-2H3,(H2,20,21,22). The molecule has 1 aromatic heterocycles. The third kappa shape index (κ3) is 5.38. The molecule has 1 saturated carbocycles. The number of hydrogen-bond donors (Lipinski definition) is 2. The molecule has 3 rings (SSSR count). The summed E-state index contributed by atoms with van der Waals surface area (Å²) in [5.41, 5.74) is 0. The summed E-state index contributed by atoms with van der Waals surface area (Å²) in [5.74, 6) is 3.28. The third-order valence-electron chi connectivity index (χ3n) is 5.58. The summed E-state index contributed by atoms with van der Waals surface area (Å²) in [7, 11) is 1.86. The summed E-state index contributed by atoms with van der Waals surface area (Å²) >= 11 is 2.00. The summed E-state index contributed by atoms with van der Waals surface area (Å²) in [4.78, 5) is 4.40. The molecule has 0 saturated heterocycles. The van der Waals surface area contributed by atoms with Gasteiger partial charge in [-0.15, -0.1) is 10.2 Å². The van der Waals surface area contributed by atoms with Crippen LogP contribution in [-0.2, 0) is 19.4 Å². The smallest absolute Gasteiger partial charge is 0.191 e. The molecule has 1 fully saturated rings. The Morgan fingerprint density at radius 3 is 3.00 bits per heavy atom. The van der Waals surface area contributed by atoms with E-state index in [4.69, 9.17) is 0 Å². The highest BCUT2D eigenvalue weighted by atomic mass is 32.2. The molecule has 0 amide bonds. The van der Waals surface area contributed by atoms with Crippen LogP contribution in [0.2, 0.25) is 0 Å². The molecule has 7 heteroatoms. The molecule has 6 nitrogen and oxygen atoms in total. The first kappa shape index (κ1) is 19.5. The minimum Gasteiger partial charge on any atom is -0.356 e. The molecule has 0 radical (unpaired) electrons. The van der Waals surface area contributed by atoms with Gasteiger partial charge in [-0.05, 0) is 44.8 Å². The zero-order valence-corrected chi connectivity index (χ0v) is 17.2. The molecule has 1 aromatic rings. The number of aliphatic imine (C=N–C) groups is 1. The maximum atomic E-state index is 4.42. The first-order valence-corrected chi connectivity index (χ1v) is 11.5. The first-order chi connectivity index (χ1) is 12.8. The van der Waals surface area contributed by atoms with Gasteiger partial charge >= 0.3 is 0 Å². The molecule has 1 aliphatic heterocycles. The van der Waals surface area contributed by atoms with Gasteiger partial charge in [-0.2, -0.15) is 11.8 Å². The van der Waals surface area contributed by atoms with E-state index >= 15 is 0 Å². The maximum Gasteiger partial charge on any atom is 0.191 e. The highest BCUT2D eigenvalue weighted by Gasteiger charge is 2.21. The number of aryl methyl sites for hydroxylation is 2. The summed E-state index contributed by atoms with van der Waals surface area (Å²) in [5, 5.41) is 16.7. The molecule has 2 heterocycles. The van der Waals surface area contributed by atoms with Crippen LogP contribution in [-0.4, -0.2) is 51.9 Å². The van der Waals surface area contributed by atoms with Crippen molar-refractivity contribution in [2.45, 2.75) is 82.0 Å². The summed E-state index contributed by atoms with van der Waals surface area (Å²) in [6, 6.07) is 0.555. The van der Waals surface area contributed by atoms with E-state index in [9.17, 15) is 0 Å². The number of hydrogen-bond acceptors (Lipinski definition) is 4. The van der Waals surface area contributed by atoms with E-state index in [0.29, 0.717) is 6.04 Å². The molecule has 1 aliphatic carbocycles. The fraction of sp³-hybridized carbons (Fsp3) is 0.842. The third-order valence-corrected chi connectivity index (χ3v) is 6.67. The molecule has 0 aromatic carbocycles. The molecular weight excluding hydrogens is 344 g/mol. The van der Waals surface area contributed by atoms with Crippen molar-refractivity contribution in [3.63, 3.8) is 0 Å². The second-order valence-corrected chi connectivity index (χ2v) is 8.60. The van der Waals surface area contributed by atoms with Crippen LogP contribution >= 0.6 is 11.8 Å². The van der Waals surface area contributed by atoms with Gasteiger partial charge in [0.15, 0.2) is 5.96 Å². The van der Waals surface area contributed by atoms with Crippen LogP contribution in [0.1, 0.15) is 63.0 Å². The van der Waals surface area contributed by atoms with E-state index in [-0.39, 0.29) is 0 Å². The number of nitrogens with zero attached hydrogens (tertiary/aromatic N) is 4. The Morgan fingerprint density at radius 2 is 2.15 bits per heavy atom. The minimum atomic E-state index is 0.555. The Morgan fingerprint density at radius 1 is 1.23 bits per heavy atom. The van der Waals surface area contributed by atoms with Crippen LogP contribution in [0, 0.1) is 0 Å². The van der Waals surface area contributed by atoms with Crippen LogP contribution in [0.4, 0.5) is 0 Å². The van der Waals surface area contributed by atoms with Gasteiger partial charge in [-0.1, -0.05) is 12.8 Å². The van der Waals surface area contributed by atoms with Crippen LogP contribution in [0.5, 0.6) is 0 Å². The lowest BCUT2D eigenvalue weighted by atomic mass is 9.95. The Bertz CT molecular complexity index is 585. The van der Waals surface area contributed by atoms with E-state index in [1.165, 1.54) is 50.8 Å². The fourth-order valence-electron chi connectivity index (χ4n) is 4.06. The van der Waals surface area contributed by atoms with Crippen molar-refractivity contribution in [3.05, 3.63) is 11.6 Å². The summed E-state index contributed by atoms with van der Waals surface area (Å²) < 4.78 is 2.35. The largest absolute Gasteiger partial charge is 0.356 e. The summed E-state index contributed by atoms with van der Waals surface area (Å²) in [6.07, 6.45) is 14.3. The number of aromatic nitrogens is 3. The lowest BCUT2D eigenvalue weighted by Crippen LogP contribution is -2.46. The lowest BCUT2D eigenvalue weighted by Gasteiger charge is -2.29. The quantitative estimate of drug-likeness (QED) is 0.453. The minimum absolute atomic E-state index is 0.555. The van der Waals surface area contributed by atoms with Crippen LogP contribution in [0.25, 0.3) is 0 Å². The van der Waals surface area contributed by atoms with Crippen molar-refractivity contribution in [1.29, 1.82) is 0 Å². The molecule has 2 atom stereocenters. The number of rotatable bonds is 6. The predicted octanol–water partition coefficient (Wildman–Crippen LogP) is 2.78. The van der Waals surface area contributed by atoms with Crippen molar-refractivity contribution >= 4 is 17.7 Å². The average molecular weight is 379 g/mol. The molecular formula is C19H34N6S. The first-order valence-electron chi connectivity index (χ1n) is 10.2. The van der Waals surface area contributed by atoms with Crippen LogP contribution in [0.15, 0.2) is 4.99 Å². The van der Waals surface area contributed by atoms with Crippen molar-refractivity contribution in [2.75, 3.05) is 19.8 Å². The highest BCUT2D eigenvalue weighted by Crippen LogP contribution is 2.26. The van der Waals surface area contributed by atoms with E-state index in [1.807, 2.05) is 18.8 Å². The lowest BCUT2D eigenvalue weighted by molar-refractivity contribution is 0.419. The Hall–Kier alpha value is -1.24. The Labute approximate surface area is 162 Å². The van der Waals surface area contributed by atoms with E-state index in [2.05, 4.69) is 36.6 Å². The average Bonchev–Trinajstić information content (AvgIpc) is 2.90. The van der Waals surface area contributed by atoms with E-state index < -0.39 is 0 Å². The SMILES string of the molecule is CN=C(NCCCc1nnc2n1CCCCC2)NC1CCCC(SC)C1. The fourth-order valence-corrected chi connectivity index (χ4v) is 4.89. The van der Waals surface area contributed by atoms with Gasteiger partial charge in [0.25, 0.3) is 0 Å². The second kappa shape index (κ2) is 10.2. The van der Waals surface area contributed by atoms with Gasteiger partial charge in [0, 0.05) is 44.3 Å².